The van der Waals surface area contributed by atoms with Crippen molar-refractivity contribution in [3.05, 3.63) is 58.7 Å². The van der Waals surface area contributed by atoms with Gasteiger partial charge >= 0.3 is 0 Å². The molecule has 160 valence electrons. The Morgan fingerprint density at radius 2 is 1.83 bits per heavy atom. The summed E-state index contributed by atoms with van der Waals surface area (Å²) in [6.07, 6.45) is 4.96. The van der Waals surface area contributed by atoms with E-state index in [2.05, 4.69) is 39.5 Å². The highest BCUT2D eigenvalue weighted by Crippen LogP contribution is 2.26. The first-order chi connectivity index (χ1) is 14.7. The molecule has 1 atom stereocenters. The maximum absolute atomic E-state index is 12.7. The van der Waals surface area contributed by atoms with Crippen molar-refractivity contribution in [3.63, 3.8) is 0 Å². The van der Waals surface area contributed by atoms with Gasteiger partial charge in [0, 0.05) is 38.9 Å². The number of nitrogens with zero attached hydrogens (tertiary/aromatic N) is 3. The summed E-state index contributed by atoms with van der Waals surface area (Å²) in [6.45, 7) is 5.59. The Kier molecular flexibility index (Phi) is 7.20. The van der Waals surface area contributed by atoms with Gasteiger partial charge in [0.15, 0.2) is 0 Å². The smallest absolute Gasteiger partial charge is 0.255 e. The van der Waals surface area contributed by atoms with Crippen molar-refractivity contribution in [1.29, 1.82) is 0 Å². The van der Waals surface area contributed by atoms with Gasteiger partial charge in [-0.25, -0.2) is 4.98 Å². The molecule has 0 aliphatic carbocycles. The molecule has 2 aliphatic heterocycles. The third-order valence-corrected chi connectivity index (χ3v) is 6.15. The first-order valence-corrected chi connectivity index (χ1v) is 11.2. The molecule has 2 saturated heterocycles. The van der Waals surface area contributed by atoms with Gasteiger partial charge in [0.2, 0.25) is 0 Å². The number of aromatic nitrogens is 1. The third kappa shape index (κ3) is 5.12. The quantitative estimate of drug-likeness (QED) is 0.757. The van der Waals surface area contributed by atoms with E-state index in [4.69, 9.17) is 16.3 Å². The minimum absolute atomic E-state index is 0.0196. The maximum Gasteiger partial charge on any atom is 0.255 e. The van der Waals surface area contributed by atoms with Crippen LogP contribution in [-0.4, -0.2) is 66.6 Å². The molecule has 1 aromatic carbocycles. The second kappa shape index (κ2) is 10.2. The molecule has 0 bridgehead atoms. The lowest BCUT2D eigenvalue weighted by Gasteiger charge is -2.35. The standard InChI is InChI=1S/C23H29ClN4O2/c24-20-15-19(23(29)28-9-5-2-6-10-28)16-25-22(20)26-17-21(18-7-3-1-4-8-18)27-11-13-30-14-12-27/h1,3-4,7-8,15-16,21H,2,5-6,9-14,17H2,(H,25,26). The molecule has 1 amide bonds. The molecule has 0 spiro atoms. The van der Waals surface area contributed by atoms with Gasteiger partial charge in [0.25, 0.3) is 5.91 Å². The number of hydrogen-bond acceptors (Lipinski definition) is 5. The monoisotopic (exact) mass is 428 g/mol. The Balaban J connectivity index is 1.45. The number of morpholine rings is 1. The average Bonchev–Trinajstić information content (AvgIpc) is 2.81. The molecule has 7 heteroatoms. The van der Waals surface area contributed by atoms with Crippen molar-refractivity contribution < 1.29 is 9.53 Å². The highest BCUT2D eigenvalue weighted by molar-refractivity contribution is 6.33. The number of benzene rings is 1. The molecule has 4 rings (SSSR count). The average molecular weight is 429 g/mol. The van der Waals surface area contributed by atoms with Crippen LogP contribution in [0.15, 0.2) is 42.6 Å². The fraction of sp³-hybridized carbons (Fsp3) is 0.478. The number of carbonyl (C=O) groups excluding carboxylic acids is 1. The summed E-state index contributed by atoms with van der Waals surface area (Å²) in [4.78, 5) is 21.5. The first kappa shape index (κ1) is 21.1. The fourth-order valence-corrected chi connectivity index (χ4v) is 4.41. The van der Waals surface area contributed by atoms with Gasteiger partial charge in [-0.15, -0.1) is 0 Å². The molecule has 0 saturated carbocycles. The Bertz CT molecular complexity index is 836. The number of pyridine rings is 1. The zero-order chi connectivity index (χ0) is 20.8. The van der Waals surface area contributed by atoms with Crippen LogP contribution >= 0.6 is 11.6 Å². The van der Waals surface area contributed by atoms with Crippen LogP contribution in [-0.2, 0) is 4.74 Å². The molecule has 2 aromatic rings. The molecule has 30 heavy (non-hydrogen) atoms. The lowest BCUT2D eigenvalue weighted by molar-refractivity contribution is 0.0187. The van der Waals surface area contributed by atoms with E-state index < -0.39 is 0 Å². The Labute approximate surface area is 183 Å². The Morgan fingerprint density at radius 1 is 1.10 bits per heavy atom. The molecule has 0 radical (unpaired) electrons. The lowest BCUT2D eigenvalue weighted by atomic mass is 10.0. The van der Waals surface area contributed by atoms with E-state index in [-0.39, 0.29) is 11.9 Å². The van der Waals surface area contributed by atoms with Crippen LogP contribution in [0, 0.1) is 0 Å². The number of rotatable bonds is 6. The number of hydrogen-bond donors (Lipinski definition) is 1. The summed E-state index contributed by atoms with van der Waals surface area (Å²) in [5.41, 5.74) is 1.81. The number of halogens is 1. The number of ether oxygens (including phenoxy) is 1. The summed E-state index contributed by atoms with van der Waals surface area (Å²) < 4.78 is 5.52. The third-order valence-electron chi connectivity index (χ3n) is 5.87. The summed E-state index contributed by atoms with van der Waals surface area (Å²) in [6, 6.07) is 12.4. The maximum atomic E-state index is 12.7. The summed E-state index contributed by atoms with van der Waals surface area (Å²) >= 11 is 6.50. The van der Waals surface area contributed by atoms with E-state index >= 15 is 0 Å². The molecular formula is C23H29ClN4O2. The van der Waals surface area contributed by atoms with Gasteiger partial charge in [0.1, 0.15) is 5.82 Å². The lowest BCUT2D eigenvalue weighted by Crippen LogP contribution is -2.41. The zero-order valence-electron chi connectivity index (χ0n) is 17.2. The molecule has 2 fully saturated rings. The van der Waals surface area contributed by atoms with Crippen LogP contribution in [0.5, 0.6) is 0 Å². The number of carbonyl (C=O) groups is 1. The van der Waals surface area contributed by atoms with E-state index in [1.54, 1.807) is 12.3 Å². The molecule has 1 N–H and O–H groups in total. The number of likely N-dealkylation sites (tertiary alicyclic amines) is 1. The first-order valence-electron chi connectivity index (χ1n) is 10.8. The predicted octanol–water partition coefficient (Wildman–Crippen LogP) is 3.85. The predicted molar refractivity (Wildman–Crippen MR) is 119 cm³/mol. The van der Waals surface area contributed by atoms with Crippen LogP contribution in [0.1, 0.15) is 41.2 Å². The van der Waals surface area contributed by atoms with Crippen molar-refractivity contribution in [2.45, 2.75) is 25.3 Å². The van der Waals surface area contributed by atoms with Crippen LogP contribution < -0.4 is 5.32 Å². The van der Waals surface area contributed by atoms with E-state index in [0.29, 0.717) is 22.9 Å². The van der Waals surface area contributed by atoms with Gasteiger partial charge in [-0.1, -0.05) is 41.9 Å². The van der Waals surface area contributed by atoms with Gasteiger partial charge in [-0.3, -0.25) is 9.69 Å². The molecular weight excluding hydrogens is 400 g/mol. The van der Waals surface area contributed by atoms with E-state index in [1.807, 2.05) is 11.0 Å². The number of nitrogens with one attached hydrogen (secondary N) is 1. The largest absolute Gasteiger partial charge is 0.379 e. The summed E-state index contributed by atoms with van der Waals surface area (Å²) in [5, 5.41) is 3.88. The fourth-order valence-electron chi connectivity index (χ4n) is 4.18. The highest BCUT2D eigenvalue weighted by Gasteiger charge is 2.23. The normalized spacial score (nSPS) is 18.8. The van der Waals surface area contributed by atoms with Crippen molar-refractivity contribution in [1.82, 2.24) is 14.8 Å². The molecule has 3 heterocycles. The van der Waals surface area contributed by atoms with Crippen LogP contribution in [0.4, 0.5) is 5.82 Å². The number of anilines is 1. The van der Waals surface area contributed by atoms with Crippen LogP contribution in [0.25, 0.3) is 0 Å². The van der Waals surface area contributed by atoms with Crippen LogP contribution in [0.3, 0.4) is 0 Å². The molecule has 2 aliphatic rings. The number of piperidine rings is 1. The summed E-state index contributed by atoms with van der Waals surface area (Å²) in [7, 11) is 0. The molecule has 6 nitrogen and oxygen atoms in total. The second-order valence-electron chi connectivity index (χ2n) is 7.86. The van der Waals surface area contributed by atoms with Crippen molar-refractivity contribution in [2.24, 2.45) is 0 Å². The van der Waals surface area contributed by atoms with Crippen molar-refractivity contribution in [2.75, 3.05) is 51.3 Å². The van der Waals surface area contributed by atoms with Gasteiger partial charge in [0.05, 0.1) is 29.8 Å². The zero-order valence-corrected chi connectivity index (χ0v) is 18.0. The van der Waals surface area contributed by atoms with Gasteiger partial charge in [-0.05, 0) is 30.9 Å². The summed E-state index contributed by atoms with van der Waals surface area (Å²) in [5.74, 6) is 0.632. The highest BCUT2D eigenvalue weighted by atomic mass is 35.5. The second-order valence-corrected chi connectivity index (χ2v) is 8.27. The van der Waals surface area contributed by atoms with E-state index in [0.717, 1.165) is 52.2 Å². The topological polar surface area (TPSA) is 57.7 Å². The number of amides is 1. The van der Waals surface area contributed by atoms with Crippen LogP contribution in [0.2, 0.25) is 5.02 Å². The van der Waals surface area contributed by atoms with E-state index in [9.17, 15) is 4.79 Å². The minimum atomic E-state index is 0.0196. The Morgan fingerprint density at radius 3 is 2.53 bits per heavy atom. The van der Waals surface area contributed by atoms with Crippen molar-refractivity contribution >= 4 is 23.3 Å². The van der Waals surface area contributed by atoms with E-state index in [1.165, 1.54) is 12.0 Å². The Hall–Kier alpha value is -2.15. The minimum Gasteiger partial charge on any atom is -0.379 e. The SMILES string of the molecule is O=C(c1cnc(NCC(c2ccccc2)N2CCOCC2)c(Cl)c1)N1CCCCC1. The van der Waals surface area contributed by atoms with Crippen molar-refractivity contribution in [3.8, 4) is 0 Å². The molecule has 1 unspecified atom stereocenters. The van der Waals surface area contributed by atoms with Gasteiger partial charge in [-0.2, -0.15) is 0 Å². The molecule has 1 aromatic heterocycles. The van der Waals surface area contributed by atoms with Gasteiger partial charge < -0.3 is 15.0 Å².